The summed E-state index contributed by atoms with van der Waals surface area (Å²) in [5, 5.41) is 2.63. The number of thiocarbonyl (C=S) groups is 1. The lowest BCUT2D eigenvalue weighted by Gasteiger charge is -2.21. The number of hydrogen-bond donors (Lipinski definition) is 2. The Kier molecular flexibility index (Phi) is 4.57. The van der Waals surface area contributed by atoms with Crippen LogP contribution in [0.15, 0.2) is 24.3 Å². The van der Waals surface area contributed by atoms with E-state index >= 15 is 0 Å². The van der Waals surface area contributed by atoms with Crippen LogP contribution in [0, 0.1) is 11.7 Å². The Morgan fingerprint density at radius 1 is 1.41 bits per heavy atom. The number of benzene rings is 1. The predicted octanol–water partition coefficient (Wildman–Crippen LogP) is 1.87. The quantitative estimate of drug-likeness (QED) is 0.806. The highest BCUT2D eigenvalue weighted by Gasteiger charge is 2.20. The summed E-state index contributed by atoms with van der Waals surface area (Å²) < 4.78 is 13.4. The highest BCUT2D eigenvalue weighted by atomic mass is 32.1. The molecule has 1 amide bonds. The summed E-state index contributed by atoms with van der Waals surface area (Å²) in [5.41, 5.74) is 5.52. The van der Waals surface area contributed by atoms with Crippen molar-refractivity contribution in [2.24, 2.45) is 11.7 Å². The van der Waals surface area contributed by atoms with Gasteiger partial charge in [0.15, 0.2) is 0 Å². The first-order valence-electron chi connectivity index (χ1n) is 5.28. The number of amides is 1. The van der Waals surface area contributed by atoms with E-state index in [4.69, 9.17) is 18.0 Å². The minimum atomic E-state index is -0.560. The zero-order valence-corrected chi connectivity index (χ0v) is 10.6. The van der Waals surface area contributed by atoms with Crippen LogP contribution in [-0.2, 0) is 0 Å². The van der Waals surface area contributed by atoms with Gasteiger partial charge in [-0.15, -0.1) is 0 Å². The summed E-state index contributed by atoms with van der Waals surface area (Å²) >= 11 is 4.86. The maximum atomic E-state index is 13.4. The van der Waals surface area contributed by atoms with Gasteiger partial charge in [0.05, 0.1) is 16.6 Å². The Bertz CT molecular complexity index is 434. The van der Waals surface area contributed by atoms with Crippen LogP contribution >= 0.6 is 12.2 Å². The van der Waals surface area contributed by atoms with Crippen LogP contribution in [0.25, 0.3) is 0 Å². The fraction of sp³-hybridized carbons (Fsp3) is 0.333. The molecule has 17 heavy (non-hydrogen) atoms. The Morgan fingerprint density at radius 3 is 2.47 bits per heavy atom. The molecule has 1 unspecified atom stereocenters. The van der Waals surface area contributed by atoms with E-state index in [9.17, 15) is 9.18 Å². The molecule has 0 aliphatic rings. The smallest absolute Gasteiger partial charge is 0.254 e. The van der Waals surface area contributed by atoms with E-state index in [1.165, 1.54) is 18.2 Å². The van der Waals surface area contributed by atoms with Crippen molar-refractivity contribution in [1.82, 2.24) is 5.32 Å². The van der Waals surface area contributed by atoms with Crippen molar-refractivity contribution in [3.63, 3.8) is 0 Å². The second kappa shape index (κ2) is 5.72. The molecule has 0 aliphatic heterocycles. The van der Waals surface area contributed by atoms with Crippen molar-refractivity contribution in [2.75, 3.05) is 0 Å². The molecule has 1 rings (SSSR count). The maximum absolute atomic E-state index is 13.4. The van der Waals surface area contributed by atoms with Gasteiger partial charge in [-0.2, -0.15) is 0 Å². The number of halogens is 1. The fourth-order valence-corrected chi connectivity index (χ4v) is 1.76. The molecule has 92 valence electrons. The van der Waals surface area contributed by atoms with Gasteiger partial charge in [-0.1, -0.05) is 38.2 Å². The van der Waals surface area contributed by atoms with Crippen molar-refractivity contribution in [1.29, 1.82) is 0 Å². The molecule has 0 aliphatic carbocycles. The number of nitrogens with two attached hydrogens (primary N) is 1. The Labute approximate surface area is 105 Å². The van der Waals surface area contributed by atoms with Crippen molar-refractivity contribution in [3.8, 4) is 0 Å². The molecule has 0 fully saturated rings. The number of carbonyl (C=O) groups excluding carboxylic acids is 1. The highest BCUT2D eigenvalue weighted by Crippen LogP contribution is 2.08. The lowest BCUT2D eigenvalue weighted by atomic mass is 10.0. The molecule has 3 nitrogen and oxygen atoms in total. The number of rotatable bonds is 4. The lowest BCUT2D eigenvalue weighted by molar-refractivity contribution is 0.0936. The maximum Gasteiger partial charge on any atom is 0.254 e. The molecule has 0 saturated heterocycles. The second-order valence-electron chi connectivity index (χ2n) is 4.08. The van der Waals surface area contributed by atoms with Crippen LogP contribution in [0.5, 0.6) is 0 Å². The molecule has 0 radical (unpaired) electrons. The van der Waals surface area contributed by atoms with Crippen LogP contribution in [-0.4, -0.2) is 16.9 Å². The minimum absolute atomic E-state index is 0.00519. The third kappa shape index (κ3) is 3.49. The first kappa shape index (κ1) is 13.6. The molecule has 3 N–H and O–H groups in total. The molecule has 0 aromatic heterocycles. The van der Waals surface area contributed by atoms with E-state index in [2.05, 4.69) is 5.32 Å². The predicted molar refractivity (Wildman–Crippen MR) is 69.3 cm³/mol. The van der Waals surface area contributed by atoms with Gasteiger partial charge in [-0.25, -0.2) is 4.39 Å². The van der Waals surface area contributed by atoms with Gasteiger partial charge in [-0.05, 0) is 18.1 Å². The Balaban J connectivity index is 2.85. The Morgan fingerprint density at radius 2 is 2.00 bits per heavy atom. The average molecular weight is 254 g/mol. The molecule has 0 heterocycles. The molecule has 0 saturated carbocycles. The zero-order chi connectivity index (χ0) is 13.0. The number of carbonyl (C=O) groups is 1. The standard InChI is InChI=1S/C12H15FN2OS/c1-7(2)10(11(14)17)15-12(16)8-5-3-4-6-9(8)13/h3-7,10H,1-2H3,(H2,14,17)(H,15,16). The third-order valence-electron chi connectivity index (χ3n) is 2.38. The van der Waals surface area contributed by atoms with Crippen LogP contribution in [0.2, 0.25) is 0 Å². The molecule has 1 aromatic carbocycles. The summed E-state index contributed by atoms with van der Waals surface area (Å²) in [7, 11) is 0. The van der Waals surface area contributed by atoms with Crippen molar-refractivity contribution >= 4 is 23.1 Å². The monoisotopic (exact) mass is 254 g/mol. The van der Waals surface area contributed by atoms with Gasteiger partial charge in [0.25, 0.3) is 5.91 Å². The highest BCUT2D eigenvalue weighted by molar-refractivity contribution is 7.80. The van der Waals surface area contributed by atoms with Gasteiger partial charge >= 0.3 is 0 Å². The number of hydrogen-bond acceptors (Lipinski definition) is 2. The van der Waals surface area contributed by atoms with Crippen molar-refractivity contribution in [3.05, 3.63) is 35.6 Å². The molecule has 0 spiro atoms. The van der Waals surface area contributed by atoms with E-state index < -0.39 is 17.8 Å². The SMILES string of the molecule is CC(C)C(NC(=O)c1ccccc1F)C(N)=S. The van der Waals surface area contributed by atoms with Crippen LogP contribution in [0.4, 0.5) is 4.39 Å². The zero-order valence-electron chi connectivity index (χ0n) is 9.74. The Hall–Kier alpha value is -1.49. The van der Waals surface area contributed by atoms with E-state index in [1.807, 2.05) is 13.8 Å². The summed E-state index contributed by atoms with van der Waals surface area (Å²) in [6.45, 7) is 3.76. The van der Waals surface area contributed by atoms with E-state index in [0.29, 0.717) is 0 Å². The van der Waals surface area contributed by atoms with Crippen LogP contribution in [0.3, 0.4) is 0 Å². The van der Waals surface area contributed by atoms with Gasteiger partial charge in [0.1, 0.15) is 5.82 Å². The summed E-state index contributed by atoms with van der Waals surface area (Å²) in [6, 6.07) is 5.35. The minimum Gasteiger partial charge on any atom is -0.392 e. The van der Waals surface area contributed by atoms with Crippen LogP contribution < -0.4 is 11.1 Å². The second-order valence-corrected chi connectivity index (χ2v) is 4.55. The van der Waals surface area contributed by atoms with E-state index in [1.54, 1.807) is 6.07 Å². The summed E-state index contributed by atoms with van der Waals surface area (Å²) in [4.78, 5) is 12.0. The van der Waals surface area contributed by atoms with E-state index in [0.717, 1.165) is 0 Å². The largest absolute Gasteiger partial charge is 0.392 e. The van der Waals surface area contributed by atoms with Gasteiger partial charge in [0.2, 0.25) is 0 Å². The molecule has 1 aromatic rings. The summed E-state index contributed by atoms with van der Waals surface area (Å²) in [6.07, 6.45) is 0. The molecular weight excluding hydrogens is 239 g/mol. The number of nitrogens with one attached hydrogen (secondary N) is 1. The van der Waals surface area contributed by atoms with Crippen LogP contribution in [0.1, 0.15) is 24.2 Å². The third-order valence-corrected chi connectivity index (χ3v) is 2.63. The van der Waals surface area contributed by atoms with Gasteiger partial charge < -0.3 is 11.1 Å². The fourth-order valence-electron chi connectivity index (χ4n) is 1.43. The molecular formula is C12H15FN2OS. The first-order valence-corrected chi connectivity index (χ1v) is 5.69. The van der Waals surface area contributed by atoms with Gasteiger partial charge in [-0.3, -0.25) is 4.79 Å². The molecule has 1 atom stereocenters. The van der Waals surface area contributed by atoms with Crippen molar-refractivity contribution < 1.29 is 9.18 Å². The van der Waals surface area contributed by atoms with E-state index in [-0.39, 0.29) is 16.5 Å². The average Bonchev–Trinajstić information content (AvgIpc) is 2.25. The first-order chi connectivity index (χ1) is 7.93. The molecule has 5 heteroatoms. The van der Waals surface area contributed by atoms with Crippen molar-refractivity contribution in [2.45, 2.75) is 19.9 Å². The topological polar surface area (TPSA) is 55.1 Å². The normalized spacial score (nSPS) is 12.2. The molecule has 0 bridgehead atoms. The van der Waals surface area contributed by atoms with Gasteiger partial charge in [0, 0.05) is 0 Å². The lowest BCUT2D eigenvalue weighted by Crippen LogP contribution is -2.47. The summed E-state index contributed by atoms with van der Waals surface area (Å²) in [5.74, 6) is -1.01.